The molecule has 1 saturated carbocycles. The average Bonchev–Trinajstić information content (AvgIpc) is 3.76. The van der Waals surface area contributed by atoms with Gasteiger partial charge in [0, 0.05) is 44.9 Å². The molecule has 22 nitrogen and oxygen atoms in total. The SMILES string of the molecule is Cn1c(=O)n(C2CCC(=O)NC2=O)c2cccc(CCOCCOCCOCCOCCOCCOCCNc3cc(Nc4cccn(-c5ccccn5)c4=O)nn4c(C(=O)N[C@@H]5C[C@@H]5F)cnc34)c21. The summed E-state index contributed by atoms with van der Waals surface area (Å²) in [6.45, 7) is 4.99. The quantitative estimate of drug-likeness (QED) is 0.0407. The summed E-state index contributed by atoms with van der Waals surface area (Å²) in [5, 5.41) is 15.9. The molecule has 1 unspecified atom stereocenters. The Bertz CT molecular complexity index is 2870. The Morgan fingerprint density at radius 2 is 1.50 bits per heavy atom. The molecule has 5 aromatic heterocycles. The summed E-state index contributed by atoms with van der Waals surface area (Å²) >= 11 is 0. The van der Waals surface area contributed by atoms with Gasteiger partial charge < -0.3 is 44.4 Å². The number of hydrogen-bond acceptors (Lipinski definition) is 16. The van der Waals surface area contributed by atoms with E-state index >= 15 is 0 Å². The normalized spacial score (nSPS) is 16.7. The van der Waals surface area contributed by atoms with Gasteiger partial charge in [-0.15, -0.1) is 5.10 Å². The number of para-hydroxylation sites is 1. The minimum atomic E-state index is -1.08. The highest BCUT2D eigenvalue weighted by Gasteiger charge is 2.39. The van der Waals surface area contributed by atoms with E-state index < -0.39 is 30.1 Å². The van der Waals surface area contributed by atoms with Crippen LogP contribution in [0, 0.1) is 0 Å². The molecule has 0 bridgehead atoms. The van der Waals surface area contributed by atoms with Gasteiger partial charge in [0.2, 0.25) is 11.8 Å². The Morgan fingerprint density at radius 3 is 2.16 bits per heavy atom. The second kappa shape index (κ2) is 24.1. The molecule has 4 N–H and O–H groups in total. The molecule has 2 aliphatic rings. The maximum absolute atomic E-state index is 13.6. The minimum Gasteiger partial charge on any atom is -0.380 e. The van der Waals surface area contributed by atoms with Gasteiger partial charge >= 0.3 is 5.69 Å². The molecule has 372 valence electrons. The summed E-state index contributed by atoms with van der Waals surface area (Å²) in [4.78, 5) is 72.4. The van der Waals surface area contributed by atoms with Gasteiger partial charge in [-0.1, -0.05) is 18.2 Å². The van der Waals surface area contributed by atoms with Gasteiger partial charge in [0.05, 0.1) is 108 Å². The molecular weight excluding hydrogens is 914 g/mol. The first kappa shape index (κ1) is 49.5. The van der Waals surface area contributed by atoms with Crippen LogP contribution in [0.1, 0.15) is 41.4 Å². The van der Waals surface area contributed by atoms with E-state index in [1.165, 1.54) is 19.8 Å². The van der Waals surface area contributed by atoms with Crippen LogP contribution in [0.2, 0.25) is 0 Å². The van der Waals surface area contributed by atoms with Gasteiger partial charge in [-0.2, -0.15) is 0 Å². The first-order valence-electron chi connectivity index (χ1n) is 23.1. The molecule has 0 spiro atoms. The third kappa shape index (κ3) is 12.5. The van der Waals surface area contributed by atoms with E-state index in [0.717, 1.165) is 11.1 Å². The zero-order valence-electron chi connectivity index (χ0n) is 38.7. The number of alkyl halides is 1. The number of ether oxygens (including phenoxy) is 6. The second-order valence-electron chi connectivity index (χ2n) is 16.4. The van der Waals surface area contributed by atoms with E-state index in [2.05, 4.69) is 36.3 Å². The number of anilines is 3. The zero-order valence-corrected chi connectivity index (χ0v) is 38.7. The Morgan fingerprint density at radius 1 is 0.814 bits per heavy atom. The molecule has 2 fully saturated rings. The van der Waals surface area contributed by atoms with Crippen molar-refractivity contribution >= 4 is 51.6 Å². The highest BCUT2D eigenvalue weighted by Crippen LogP contribution is 2.27. The third-order valence-electron chi connectivity index (χ3n) is 11.5. The lowest BCUT2D eigenvalue weighted by molar-refractivity contribution is -0.135. The molecule has 70 heavy (non-hydrogen) atoms. The van der Waals surface area contributed by atoms with Gasteiger partial charge in [-0.3, -0.25) is 38.2 Å². The van der Waals surface area contributed by atoms with Crippen LogP contribution in [0.25, 0.3) is 22.5 Å². The average molecular weight is 970 g/mol. The summed E-state index contributed by atoms with van der Waals surface area (Å²) < 4.78 is 53.3. The van der Waals surface area contributed by atoms with E-state index in [1.807, 2.05) is 18.2 Å². The molecule has 1 aliphatic carbocycles. The fraction of sp³-hybridized carbons (Fsp3) is 0.447. The number of halogens is 1. The van der Waals surface area contributed by atoms with E-state index in [-0.39, 0.29) is 53.6 Å². The number of pyridine rings is 2. The fourth-order valence-corrected chi connectivity index (χ4v) is 7.87. The van der Waals surface area contributed by atoms with Crippen LogP contribution in [-0.4, -0.2) is 149 Å². The molecule has 1 saturated heterocycles. The molecule has 8 rings (SSSR count). The van der Waals surface area contributed by atoms with Gasteiger partial charge in [0.15, 0.2) is 17.2 Å². The number of nitrogens with zero attached hydrogens (tertiary/aromatic N) is 7. The number of carbonyl (C=O) groups is 3. The van der Waals surface area contributed by atoms with Crippen LogP contribution in [0.15, 0.2) is 82.8 Å². The number of imide groups is 1. The standard InChI is InChI=1S/C47H56FN11O11/c1-56-42-31(6-4-8-36(42)58(47(56)64)37-10-11-41(60)54-44(37)61)12-16-65-18-20-67-22-24-69-26-27-70-25-23-68-21-19-66-17-14-49-35-29-39(52-33-7-5-15-57(46(33)63)40-9-2-3-13-50-40)55-59-38(30-51-43(35)59)45(62)53-34-28-32(34)48/h2-9,13,15,29-30,32,34,37,49H,10-12,14,16-28H2,1H3,(H,52,55)(H,53,62)(H,54,60,61)/t32-,34+,37?/m0/s1. The maximum atomic E-state index is 13.6. The van der Waals surface area contributed by atoms with Crippen molar-refractivity contribution in [2.24, 2.45) is 7.05 Å². The maximum Gasteiger partial charge on any atom is 0.329 e. The predicted molar refractivity (Wildman–Crippen MR) is 253 cm³/mol. The highest BCUT2D eigenvalue weighted by molar-refractivity contribution is 6.00. The van der Waals surface area contributed by atoms with Gasteiger partial charge in [-0.25, -0.2) is 23.7 Å². The fourth-order valence-electron chi connectivity index (χ4n) is 7.87. The second-order valence-corrected chi connectivity index (χ2v) is 16.4. The van der Waals surface area contributed by atoms with Crippen molar-refractivity contribution in [2.45, 2.75) is 43.9 Å². The number of fused-ring (bicyclic) bond motifs is 2. The molecule has 1 aromatic carbocycles. The topological polar surface area (TPSA) is 247 Å². The Kier molecular flexibility index (Phi) is 17.0. The van der Waals surface area contributed by atoms with Gasteiger partial charge in [-0.05, 0) is 48.7 Å². The number of hydrogen-bond donors (Lipinski definition) is 4. The number of carbonyl (C=O) groups excluding carboxylic acids is 3. The Labute approximate surface area is 400 Å². The molecule has 1 aliphatic heterocycles. The smallest absolute Gasteiger partial charge is 0.329 e. The first-order valence-corrected chi connectivity index (χ1v) is 23.1. The Hall–Kier alpha value is -6.89. The lowest BCUT2D eigenvalue weighted by Crippen LogP contribution is -2.44. The van der Waals surface area contributed by atoms with Crippen molar-refractivity contribution in [3.8, 4) is 5.82 Å². The first-order chi connectivity index (χ1) is 34.2. The third-order valence-corrected chi connectivity index (χ3v) is 11.5. The number of benzene rings is 1. The number of piperidine rings is 1. The number of amides is 3. The van der Waals surface area contributed by atoms with Crippen LogP contribution in [0.5, 0.6) is 0 Å². The molecular formula is C47H56FN11O11. The number of rotatable bonds is 28. The van der Waals surface area contributed by atoms with Crippen molar-refractivity contribution in [3.63, 3.8) is 0 Å². The monoisotopic (exact) mass is 969 g/mol. The van der Waals surface area contributed by atoms with E-state index in [0.29, 0.717) is 115 Å². The van der Waals surface area contributed by atoms with Gasteiger partial charge in [0.25, 0.3) is 11.5 Å². The largest absolute Gasteiger partial charge is 0.380 e. The molecule has 3 amide bonds. The zero-order chi connectivity index (χ0) is 48.8. The summed E-state index contributed by atoms with van der Waals surface area (Å²) in [6, 6.07) is 14.6. The number of aromatic nitrogens is 7. The van der Waals surface area contributed by atoms with Crippen LogP contribution in [-0.2, 0) is 51.5 Å². The summed E-state index contributed by atoms with van der Waals surface area (Å²) in [5.74, 6) is -0.613. The van der Waals surface area contributed by atoms with Crippen molar-refractivity contribution in [2.75, 3.05) is 96.5 Å². The van der Waals surface area contributed by atoms with Crippen molar-refractivity contribution in [1.82, 2.24) is 43.9 Å². The van der Waals surface area contributed by atoms with E-state index in [9.17, 15) is 28.4 Å². The number of aryl methyl sites for hydroxylation is 1. The highest BCUT2D eigenvalue weighted by atomic mass is 19.1. The molecule has 0 radical (unpaired) electrons. The Balaban J connectivity index is 0.667. The molecule has 6 aromatic rings. The van der Waals surface area contributed by atoms with E-state index in [4.69, 9.17) is 28.4 Å². The van der Waals surface area contributed by atoms with Crippen molar-refractivity contribution in [3.05, 3.63) is 105 Å². The van der Waals surface area contributed by atoms with Crippen molar-refractivity contribution in [1.29, 1.82) is 0 Å². The van der Waals surface area contributed by atoms with Crippen molar-refractivity contribution < 1.29 is 47.2 Å². The lowest BCUT2D eigenvalue weighted by Gasteiger charge is -2.21. The minimum absolute atomic E-state index is 0.106. The molecule has 3 atom stereocenters. The number of nitrogens with one attached hydrogen (secondary N) is 4. The van der Waals surface area contributed by atoms with Crippen LogP contribution in [0.3, 0.4) is 0 Å². The summed E-state index contributed by atoms with van der Waals surface area (Å²) in [6.07, 6.45) is 4.77. The summed E-state index contributed by atoms with van der Waals surface area (Å²) in [5.41, 5.74) is 2.83. The van der Waals surface area contributed by atoms with E-state index in [1.54, 1.807) is 60.4 Å². The van der Waals surface area contributed by atoms with Gasteiger partial charge in [0.1, 0.15) is 23.7 Å². The predicted octanol–water partition coefficient (Wildman–Crippen LogP) is 2.24. The number of imidazole rings is 2. The van der Waals surface area contributed by atoms with Crippen LogP contribution in [0.4, 0.5) is 21.6 Å². The van der Waals surface area contributed by atoms with Crippen LogP contribution >= 0.6 is 0 Å². The molecule has 23 heteroatoms. The summed E-state index contributed by atoms with van der Waals surface area (Å²) in [7, 11) is 1.68. The van der Waals surface area contributed by atoms with Crippen LogP contribution < -0.4 is 32.5 Å². The molecule has 6 heterocycles. The lowest BCUT2D eigenvalue weighted by atomic mass is 10.1.